The van der Waals surface area contributed by atoms with Crippen molar-refractivity contribution in [1.29, 1.82) is 5.26 Å². The summed E-state index contributed by atoms with van der Waals surface area (Å²) < 4.78 is 38.8. The number of halogens is 2. The number of fused-ring (bicyclic) bond motifs is 1. The van der Waals surface area contributed by atoms with Crippen molar-refractivity contribution in [3.63, 3.8) is 0 Å². The van der Waals surface area contributed by atoms with E-state index < -0.39 is 54.4 Å². The first-order chi connectivity index (χ1) is 19.8. The maximum absolute atomic E-state index is 13.7. The number of pyridine rings is 1. The van der Waals surface area contributed by atoms with Gasteiger partial charge in [0.05, 0.1) is 36.2 Å². The summed E-state index contributed by atoms with van der Waals surface area (Å²) in [7, 11) is 0. The molecule has 1 aliphatic carbocycles. The van der Waals surface area contributed by atoms with Gasteiger partial charge in [-0.05, 0) is 51.5 Å². The van der Waals surface area contributed by atoms with Crippen LogP contribution in [0, 0.1) is 23.2 Å². The van der Waals surface area contributed by atoms with Gasteiger partial charge in [0.15, 0.2) is 5.78 Å². The van der Waals surface area contributed by atoms with Gasteiger partial charge in [0.2, 0.25) is 5.92 Å². The molecule has 2 aliphatic rings. The van der Waals surface area contributed by atoms with Crippen LogP contribution in [0.15, 0.2) is 30.5 Å². The summed E-state index contributed by atoms with van der Waals surface area (Å²) in [5.41, 5.74) is 0.313. The Balaban J connectivity index is 1.26. The number of alkyl halides is 2. The molecule has 0 spiro atoms. The Hall–Kier alpha value is -3.85. The van der Waals surface area contributed by atoms with Gasteiger partial charge in [-0.1, -0.05) is 0 Å². The van der Waals surface area contributed by atoms with E-state index in [9.17, 15) is 23.2 Å². The lowest BCUT2D eigenvalue weighted by molar-refractivity contribution is -0.123. The minimum absolute atomic E-state index is 0.273. The number of nitrogens with zero attached hydrogens (tertiary/aromatic N) is 4. The number of hydrogen-bond donors (Lipinski definition) is 1. The molecular formula is C30H37F2N5O5. The summed E-state index contributed by atoms with van der Waals surface area (Å²) in [5.74, 6) is -5.79. The van der Waals surface area contributed by atoms with Crippen LogP contribution in [0.4, 0.5) is 13.6 Å². The topological polar surface area (TPSA) is 125 Å². The molecule has 12 heteroatoms. The highest BCUT2D eigenvalue weighted by Gasteiger charge is 2.49. The third-order valence-corrected chi connectivity index (χ3v) is 7.39. The molecule has 10 nitrogen and oxygen atoms in total. The number of nitriles is 1. The van der Waals surface area contributed by atoms with E-state index in [4.69, 9.17) is 14.7 Å². The van der Waals surface area contributed by atoms with E-state index in [0.29, 0.717) is 36.3 Å². The summed E-state index contributed by atoms with van der Waals surface area (Å²) in [6, 6.07) is 8.53. The van der Waals surface area contributed by atoms with Crippen molar-refractivity contribution in [2.75, 3.05) is 45.9 Å². The summed E-state index contributed by atoms with van der Waals surface area (Å²) in [4.78, 5) is 46.0. The van der Waals surface area contributed by atoms with E-state index in [1.54, 1.807) is 29.2 Å². The zero-order valence-corrected chi connectivity index (χ0v) is 24.2. The molecular weight excluding hydrogens is 548 g/mol. The minimum Gasteiger partial charge on any atom is -0.494 e. The zero-order valence-electron chi connectivity index (χ0n) is 24.2. The molecule has 42 heavy (non-hydrogen) atoms. The molecule has 226 valence electrons. The lowest BCUT2D eigenvalue weighted by Crippen LogP contribution is -2.50. The number of rotatable bonds is 9. The van der Waals surface area contributed by atoms with Gasteiger partial charge in [-0.15, -0.1) is 0 Å². The molecule has 2 amide bonds. The average Bonchev–Trinajstić information content (AvgIpc) is 3.27. The number of ketones is 1. The van der Waals surface area contributed by atoms with Crippen molar-refractivity contribution in [2.45, 2.75) is 51.6 Å². The first kappa shape index (κ1) is 31.1. The van der Waals surface area contributed by atoms with Gasteiger partial charge in [0.25, 0.3) is 5.91 Å². The van der Waals surface area contributed by atoms with Crippen LogP contribution in [-0.4, -0.2) is 90.0 Å². The summed E-state index contributed by atoms with van der Waals surface area (Å²) in [5, 5.41) is 12.2. The maximum Gasteiger partial charge on any atom is 0.410 e. The average molecular weight is 586 g/mol. The first-order valence-electron chi connectivity index (χ1n) is 14.2. The lowest BCUT2D eigenvalue weighted by Gasteiger charge is -2.35. The van der Waals surface area contributed by atoms with Crippen LogP contribution in [0.3, 0.4) is 0 Å². The van der Waals surface area contributed by atoms with Gasteiger partial charge in [-0.25, -0.2) is 13.6 Å². The number of carbonyl (C=O) groups is 3. The van der Waals surface area contributed by atoms with Gasteiger partial charge in [0.1, 0.15) is 11.4 Å². The summed E-state index contributed by atoms with van der Waals surface area (Å²) in [6.07, 6.45) is 0.627. The van der Waals surface area contributed by atoms with Gasteiger partial charge in [0, 0.05) is 63.1 Å². The summed E-state index contributed by atoms with van der Waals surface area (Å²) in [6.45, 7) is 9.08. The Kier molecular flexibility index (Phi) is 9.61. The Morgan fingerprint density at radius 1 is 1.14 bits per heavy atom. The number of piperazine rings is 1. The SMILES string of the molecule is CC(C)(C)OC(=O)N1CCN(CCCOc2ccc3nccc(C(=O)NCC(=O)C4CC(F)(F)C[C@H]4C#N)c3c2)CC1. The second kappa shape index (κ2) is 13.0. The minimum atomic E-state index is -3.06. The van der Waals surface area contributed by atoms with Crippen LogP contribution >= 0.6 is 0 Å². The molecule has 2 fully saturated rings. The largest absolute Gasteiger partial charge is 0.494 e. The molecule has 1 saturated heterocycles. The van der Waals surface area contributed by atoms with Crippen LogP contribution in [-0.2, 0) is 9.53 Å². The molecule has 1 aromatic carbocycles. The molecule has 2 aromatic rings. The molecule has 4 rings (SSSR count). The third kappa shape index (κ3) is 8.12. The van der Waals surface area contributed by atoms with E-state index in [0.717, 1.165) is 26.1 Å². The van der Waals surface area contributed by atoms with Crippen molar-refractivity contribution in [3.05, 3.63) is 36.0 Å². The van der Waals surface area contributed by atoms with Crippen LogP contribution < -0.4 is 10.1 Å². The third-order valence-electron chi connectivity index (χ3n) is 7.39. The number of carbonyl (C=O) groups excluding carboxylic acids is 3. The normalized spacial score (nSPS) is 20.6. The standard InChI is InChI=1S/C30H37F2N5O5/c1-29(2,3)42-28(40)37-12-10-36(11-13-37)9-4-14-41-21-5-6-25-23(15-21)22(7-8-34-25)27(39)35-19-26(38)24-17-30(31,32)16-20(24)18-33/h5-8,15,20,24H,4,9-14,16-17,19H2,1-3H3,(H,35,39)/t20-,24?/m0/s1. The Morgan fingerprint density at radius 3 is 2.57 bits per heavy atom. The maximum atomic E-state index is 13.7. The fourth-order valence-corrected chi connectivity index (χ4v) is 5.25. The number of amides is 2. The van der Waals surface area contributed by atoms with Crippen LogP contribution in [0.2, 0.25) is 0 Å². The van der Waals surface area contributed by atoms with E-state index in [2.05, 4.69) is 15.2 Å². The van der Waals surface area contributed by atoms with Crippen molar-refractivity contribution in [1.82, 2.24) is 20.1 Å². The van der Waals surface area contributed by atoms with E-state index in [1.165, 1.54) is 12.3 Å². The Morgan fingerprint density at radius 2 is 1.88 bits per heavy atom. The van der Waals surface area contributed by atoms with E-state index in [1.807, 2.05) is 20.8 Å². The van der Waals surface area contributed by atoms with Crippen LogP contribution in [0.25, 0.3) is 10.9 Å². The van der Waals surface area contributed by atoms with E-state index in [-0.39, 0.29) is 11.7 Å². The molecule has 2 atom stereocenters. The second-order valence-corrected chi connectivity index (χ2v) is 11.8. The van der Waals surface area contributed by atoms with Gasteiger partial charge in [-0.2, -0.15) is 5.26 Å². The number of Topliss-reactive ketones (excluding diaryl/α,β-unsaturated/α-hetero) is 1. The van der Waals surface area contributed by atoms with Crippen LogP contribution in [0.1, 0.15) is 50.4 Å². The second-order valence-electron chi connectivity index (χ2n) is 11.8. The lowest BCUT2D eigenvalue weighted by atomic mass is 9.93. The van der Waals surface area contributed by atoms with Gasteiger partial charge in [-0.3, -0.25) is 19.5 Å². The zero-order chi connectivity index (χ0) is 30.5. The van der Waals surface area contributed by atoms with E-state index >= 15 is 0 Å². The number of aromatic nitrogens is 1. The highest BCUT2D eigenvalue weighted by molar-refractivity contribution is 6.07. The predicted molar refractivity (Wildman–Crippen MR) is 150 cm³/mol. The van der Waals surface area contributed by atoms with Gasteiger partial charge >= 0.3 is 6.09 Å². The van der Waals surface area contributed by atoms with Crippen molar-refractivity contribution >= 4 is 28.7 Å². The highest BCUT2D eigenvalue weighted by atomic mass is 19.3. The predicted octanol–water partition coefficient (Wildman–Crippen LogP) is 4.04. The molecule has 1 aliphatic heterocycles. The number of hydrogen-bond acceptors (Lipinski definition) is 8. The fraction of sp³-hybridized carbons (Fsp3) is 0.567. The van der Waals surface area contributed by atoms with Crippen molar-refractivity contribution in [3.8, 4) is 11.8 Å². The Bertz CT molecular complexity index is 1350. The van der Waals surface area contributed by atoms with Crippen LogP contribution in [0.5, 0.6) is 5.75 Å². The van der Waals surface area contributed by atoms with Crippen molar-refractivity contribution < 1.29 is 32.6 Å². The molecule has 0 radical (unpaired) electrons. The molecule has 1 unspecified atom stereocenters. The number of ether oxygens (including phenoxy) is 2. The number of benzene rings is 1. The fourth-order valence-electron chi connectivity index (χ4n) is 5.25. The molecule has 1 aromatic heterocycles. The smallest absolute Gasteiger partial charge is 0.410 e. The molecule has 0 bridgehead atoms. The summed E-state index contributed by atoms with van der Waals surface area (Å²) >= 11 is 0. The first-order valence-corrected chi connectivity index (χ1v) is 14.2. The Labute approximate surface area is 243 Å². The highest BCUT2D eigenvalue weighted by Crippen LogP contribution is 2.43. The monoisotopic (exact) mass is 585 g/mol. The van der Waals surface area contributed by atoms with Crippen molar-refractivity contribution in [2.24, 2.45) is 11.8 Å². The quantitative estimate of drug-likeness (QED) is 0.438. The molecule has 1 saturated carbocycles. The molecule has 2 heterocycles. The molecule has 1 N–H and O–H groups in total. The number of nitrogens with one attached hydrogen (secondary N) is 1. The van der Waals surface area contributed by atoms with Gasteiger partial charge < -0.3 is 19.7 Å².